The Kier molecular flexibility index (Phi) is 4.41. The van der Waals surface area contributed by atoms with E-state index in [2.05, 4.69) is 71.0 Å². The normalized spacial score (nSPS) is 11.0. The molecule has 0 spiro atoms. The molecule has 2 nitrogen and oxygen atoms in total. The lowest BCUT2D eigenvalue weighted by molar-refractivity contribution is 0.732. The van der Waals surface area contributed by atoms with Crippen LogP contribution >= 0.6 is 11.8 Å². The van der Waals surface area contributed by atoms with Crippen LogP contribution in [-0.2, 0) is 6.54 Å². The Balaban J connectivity index is 1.43. The highest BCUT2D eigenvalue weighted by atomic mass is 32.2. The largest absolute Gasteiger partial charge is 0.350 e. The lowest BCUT2D eigenvalue weighted by Crippen LogP contribution is -2.16. The lowest BCUT2D eigenvalue weighted by Gasteiger charge is -2.03. The van der Waals surface area contributed by atoms with E-state index in [1.165, 1.54) is 21.5 Å². The number of para-hydroxylation sites is 1. The van der Waals surface area contributed by atoms with Crippen molar-refractivity contribution in [2.45, 2.75) is 11.6 Å². The van der Waals surface area contributed by atoms with Gasteiger partial charge in [0.15, 0.2) is 0 Å². The van der Waals surface area contributed by atoms with Crippen LogP contribution in [0, 0.1) is 0 Å². The van der Waals surface area contributed by atoms with Crippen molar-refractivity contribution in [1.29, 1.82) is 0 Å². The Morgan fingerprint density at radius 1 is 0.950 bits per heavy atom. The van der Waals surface area contributed by atoms with Gasteiger partial charge in [0.2, 0.25) is 0 Å². The second-order valence-corrected chi connectivity index (χ2v) is 5.87. The summed E-state index contributed by atoms with van der Waals surface area (Å²) in [5, 5.41) is 6.00. The topological polar surface area (TPSA) is 27.8 Å². The molecule has 0 bridgehead atoms. The molecule has 20 heavy (non-hydrogen) atoms. The van der Waals surface area contributed by atoms with E-state index < -0.39 is 0 Å². The van der Waals surface area contributed by atoms with Crippen molar-refractivity contribution in [3.8, 4) is 0 Å². The zero-order valence-corrected chi connectivity index (χ0v) is 12.1. The zero-order chi connectivity index (χ0) is 13.6. The molecule has 0 atom stereocenters. The summed E-state index contributed by atoms with van der Waals surface area (Å²) in [5.74, 6) is 1.07. The predicted octanol–water partition coefficient (Wildman–Crippen LogP) is 4.05. The number of H-pyrrole nitrogens is 1. The molecule has 0 aliphatic carbocycles. The van der Waals surface area contributed by atoms with Gasteiger partial charge in [0.1, 0.15) is 0 Å². The van der Waals surface area contributed by atoms with E-state index in [0.29, 0.717) is 0 Å². The Morgan fingerprint density at radius 2 is 1.75 bits per heavy atom. The monoisotopic (exact) mass is 282 g/mol. The van der Waals surface area contributed by atoms with Gasteiger partial charge in [0.25, 0.3) is 0 Å². The number of benzene rings is 2. The van der Waals surface area contributed by atoms with Crippen LogP contribution < -0.4 is 5.32 Å². The minimum absolute atomic E-state index is 0.939. The molecule has 0 fully saturated rings. The molecule has 1 aromatic heterocycles. The van der Waals surface area contributed by atoms with Gasteiger partial charge in [-0.3, -0.25) is 0 Å². The molecule has 3 aromatic rings. The van der Waals surface area contributed by atoms with Crippen molar-refractivity contribution in [3.05, 3.63) is 66.2 Å². The molecule has 3 heteroatoms. The molecule has 0 amide bonds. The minimum atomic E-state index is 0.939. The molecular formula is C17H18N2S. The van der Waals surface area contributed by atoms with Gasteiger partial charge in [-0.15, -0.1) is 11.8 Å². The Labute approximate surface area is 123 Å². The maximum absolute atomic E-state index is 3.47. The number of aromatic amines is 1. The molecule has 0 radical (unpaired) electrons. The zero-order valence-electron chi connectivity index (χ0n) is 11.3. The van der Waals surface area contributed by atoms with Crippen molar-refractivity contribution in [2.75, 3.05) is 12.3 Å². The SMILES string of the molecule is c1ccc(CNCCSc2cc3ccccc3[nH]2)cc1. The quantitative estimate of drug-likeness (QED) is 0.527. The first kappa shape index (κ1) is 13.3. The fourth-order valence-corrected chi connectivity index (χ4v) is 3.04. The van der Waals surface area contributed by atoms with Crippen LogP contribution in [0.2, 0.25) is 0 Å². The van der Waals surface area contributed by atoms with Gasteiger partial charge in [0, 0.05) is 29.7 Å². The second-order valence-electron chi connectivity index (χ2n) is 4.73. The van der Waals surface area contributed by atoms with Crippen molar-refractivity contribution >= 4 is 22.7 Å². The highest BCUT2D eigenvalue weighted by Crippen LogP contribution is 2.22. The summed E-state index contributed by atoms with van der Waals surface area (Å²) >= 11 is 1.86. The van der Waals surface area contributed by atoms with Crippen LogP contribution in [0.4, 0.5) is 0 Å². The summed E-state index contributed by atoms with van der Waals surface area (Å²) in [7, 11) is 0. The van der Waals surface area contributed by atoms with E-state index in [1.54, 1.807) is 0 Å². The van der Waals surface area contributed by atoms with E-state index in [9.17, 15) is 0 Å². The second kappa shape index (κ2) is 6.64. The average molecular weight is 282 g/mol. The van der Waals surface area contributed by atoms with Gasteiger partial charge in [-0.05, 0) is 17.7 Å². The number of thioether (sulfide) groups is 1. The Morgan fingerprint density at radius 3 is 2.60 bits per heavy atom. The van der Waals surface area contributed by atoms with Crippen molar-refractivity contribution in [1.82, 2.24) is 10.3 Å². The van der Waals surface area contributed by atoms with Crippen molar-refractivity contribution in [2.24, 2.45) is 0 Å². The molecule has 0 saturated heterocycles. The summed E-state index contributed by atoms with van der Waals surface area (Å²) in [6.45, 7) is 1.95. The highest BCUT2D eigenvalue weighted by Gasteiger charge is 2.00. The van der Waals surface area contributed by atoms with Gasteiger partial charge in [0.05, 0.1) is 5.03 Å². The van der Waals surface area contributed by atoms with Gasteiger partial charge < -0.3 is 10.3 Å². The number of nitrogens with one attached hydrogen (secondary N) is 2. The van der Waals surface area contributed by atoms with Crippen LogP contribution in [0.5, 0.6) is 0 Å². The fourth-order valence-electron chi connectivity index (χ4n) is 2.19. The number of aromatic nitrogens is 1. The molecule has 3 rings (SSSR count). The van der Waals surface area contributed by atoms with Gasteiger partial charge in [-0.1, -0.05) is 48.5 Å². The Bertz CT molecular complexity index is 628. The van der Waals surface area contributed by atoms with Crippen molar-refractivity contribution < 1.29 is 0 Å². The molecule has 0 aliphatic rings. The van der Waals surface area contributed by atoms with E-state index in [0.717, 1.165) is 18.8 Å². The van der Waals surface area contributed by atoms with E-state index in [1.807, 2.05) is 11.8 Å². The summed E-state index contributed by atoms with van der Waals surface area (Å²) in [6, 6.07) is 21.1. The smallest absolute Gasteiger partial charge is 0.0732 e. The third-order valence-corrected chi connectivity index (χ3v) is 4.15. The van der Waals surface area contributed by atoms with Crippen LogP contribution in [0.25, 0.3) is 10.9 Å². The first-order valence-corrected chi connectivity index (χ1v) is 7.85. The molecule has 0 unspecified atom stereocenters. The van der Waals surface area contributed by atoms with Crippen LogP contribution in [0.3, 0.4) is 0 Å². The van der Waals surface area contributed by atoms with Gasteiger partial charge >= 0.3 is 0 Å². The maximum Gasteiger partial charge on any atom is 0.0732 e. The van der Waals surface area contributed by atoms with E-state index >= 15 is 0 Å². The number of rotatable bonds is 6. The first-order valence-electron chi connectivity index (χ1n) is 6.87. The summed E-state index contributed by atoms with van der Waals surface area (Å²) in [5.41, 5.74) is 2.55. The van der Waals surface area contributed by atoms with E-state index in [4.69, 9.17) is 0 Å². The van der Waals surface area contributed by atoms with E-state index in [-0.39, 0.29) is 0 Å². The molecule has 0 saturated carbocycles. The molecule has 102 valence electrons. The Hall–Kier alpha value is -1.71. The minimum Gasteiger partial charge on any atom is -0.350 e. The maximum atomic E-state index is 3.47. The number of hydrogen-bond acceptors (Lipinski definition) is 2. The summed E-state index contributed by atoms with van der Waals surface area (Å²) in [6.07, 6.45) is 0. The van der Waals surface area contributed by atoms with Crippen LogP contribution in [-0.4, -0.2) is 17.3 Å². The standard InChI is InChI=1S/C17H18N2S/c1-2-6-14(7-3-1)13-18-10-11-20-17-12-15-8-4-5-9-16(15)19-17/h1-9,12,18-19H,10-11,13H2. The summed E-state index contributed by atoms with van der Waals surface area (Å²) < 4.78 is 0. The number of fused-ring (bicyclic) bond motifs is 1. The third kappa shape index (κ3) is 3.44. The van der Waals surface area contributed by atoms with Gasteiger partial charge in [-0.25, -0.2) is 0 Å². The van der Waals surface area contributed by atoms with Crippen LogP contribution in [0.15, 0.2) is 65.7 Å². The average Bonchev–Trinajstić information content (AvgIpc) is 2.90. The lowest BCUT2D eigenvalue weighted by atomic mass is 10.2. The molecular weight excluding hydrogens is 264 g/mol. The van der Waals surface area contributed by atoms with Gasteiger partial charge in [-0.2, -0.15) is 0 Å². The third-order valence-electron chi connectivity index (χ3n) is 3.21. The highest BCUT2D eigenvalue weighted by molar-refractivity contribution is 7.99. The van der Waals surface area contributed by atoms with Crippen LogP contribution in [0.1, 0.15) is 5.56 Å². The fraction of sp³-hybridized carbons (Fsp3) is 0.176. The number of hydrogen-bond donors (Lipinski definition) is 2. The molecule has 0 aliphatic heterocycles. The molecule has 1 heterocycles. The predicted molar refractivity (Wildman–Crippen MR) is 87.2 cm³/mol. The molecule has 2 N–H and O–H groups in total. The molecule has 2 aromatic carbocycles. The first-order chi connectivity index (χ1) is 9.92. The summed E-state index contributed by atoms with van der Waals surface area (Å²) in [4.78, 5) is 3.44. The van der Waals surface area contributed by atoms with Crippen molar-refractivity contribution in [3.63, 3.8) is 0 Å².